The summed E-state index contributed by atoms with van der Waals surface area (Å²) in [5.74, 6) is 1.44. The topological polar surface area (TPSA) is 63.1 Å². The quantitative estimate of drug-likeness (QED) is 0.588. The van der Waals surface area contributed by atoms with Crippen molar-refractivity contribution in [3.8, 4) is 11.4 Å². The highest BCUT2D eigenvalue weighted by Gasteiger charge is 2.41. The zero-order valence-electron chi connectivity index (χ0n) is 18.7. The number of hydrogen-bond acceptors (Lipinski definition) is 5. The van der Waals surface area contributed by atoms with E-state index in [4.69, 9.17) is 21.7 Å². The van der Waals surface area contributed by atoms with E-state index in [-0.39, 0.29) is 17.2 Å². The standard InChI is InChI=1S/C25H26ClN5O/c1-25(2)13-19-21(20(32)14-25)22(15-5-9-17(26)10-6-15)31-24(27-19)28-23(29-31)16-7-11-18(12-8-16)30(3)4/h5-12,22H,13-14H2,1-4H3,(H,27,28,29)/t22-/m0/s1. The first-order chi connectivity index (χ1) is 15.2. The molecular weight excluding hydrogens is 422 g/mol. The van der Waals surface area contributed by atoms with Crippen LogP contribution in [0.15, 0.2) is 59.8 Å². The molecule has 32 heavy (non-hydrogen) atoms. The fraction of sp³-hybridized carbons (Fsp3) is 0.320. The van der Waals surface area contributed by atoms with Crippen LogP contribution in [0.3, 0.4) is 0 Å². The number of ketones is 1. The van der Waals surface area contributed by atoms with Crippen LogP contribution in [0, 0.1) is 5.41 Å². The number of nitrogens with one attached hydrogen (secondary N) is 1. The average molecular weight is 448 g/mol. The summed E-state index contributed by atoms with van der Waals surface area (Å²) in [6.07, 6.45) is 1.30. The smallest absolute Gasteiger partial charge is 0.226 e. The van der Waals surface area contributed by atoms with Crippen LogP contribution in [0.25, 0.3) is 11.4 Å². The lowest BCUT2D eigenvalue weighted by Crippen LogP contribution is -2.36. The van der Waals surface area contributed by atoms with Gasteiger partial charge in [-0.1, -0.05) is 37.6 Å². The van der Waals surface area contributed by atoms with Gasteiger partial charge in [-0.05, 0) is 53.8 Å². The van der Waals surface area contributed by atoms with Gasteiger partial charge in [0.15, 0.2) is 11.6 Å². The molecule has 2 aromatic carbocycles. The number of carbonyl (C=O) groups is 1. The van der Waals surface area contributed by atoms with E-state index in [1.165, 1.54) is 0 Å². The Balaban J connectivity index is 1.63. The third kappa shape index (κ3) is 3.58. The Hall–Kier alpha value is -3.12. The molecule has 1 N–H and O–H groups in total. The number of benzene rings is 2. The van der Waals surface area contributed by atoms with Crippen LogP contribution in [-0.2, 0) is 4.79 Å². The summed E-state index contributed by atoms with van der Waals surface area (Å²) in [4.78, 5) is 20.2. The van der Waals surface area contributed by atoms with E-state index < -0.39 is 0 Å². The van der Waals surface area contributed by atoms with E-state index in [0.29, 0.717) is 23.2 Å². The number of halogens is 1. The maximum absolute atomic E-state index is 13.3. The minimum absolute atomic E-state index is 0.0967. The van der Waals surface area contributed by atoms with Gasteiger partial charge in [0.05, 0.1) is 0 Å². The normalized spacial score (nSPS) is 19.3. The second-order valence-corrected chi connectivity index (χ2v) is 9.99. The number of aromatic nitrogens is 3. The molecular formula is C25H26ClN5O. The molecule has 1 atom stereocenters. The van der Waals surface area contributed by atoms with Gasteiger partial charge in [-0.25, -0.2) is 4.68 Å². The highest BCUT2D eigenvalue weighted by atomic mass is 35.5. The molecule has 0 fully saturated rings. The predicted molar refractivity (Wildman–Crippen MR) is 128 cm³/mol. The Kier molecular flexibility index (Phi) is 4.86. The summed E-state index contributed by atoms with van der Waals surface area (Å²) in [5.41, 5.74) is 4.63. The molecule has 1 aliphatic carbocycles. The van der Waals surface area contributed by atoms with Gasteiger partial charge in [0.2, 0.25) is 5.95 Å². The predicted octanol–water partition coefficient (Wildman–Crippen LogP) is 5.32. The molecule has 164 valence electrons. The van der Waals surface area contributed by atoms with Crippen LogP contribution in [0.1, 0.15) is 38.3 Å². The Morgan fingerprint density at radius 3 is 2.41 bits per heavy atom. The van der Waals surface area contributed by atoms with Crippen LogP contribution in [-0.4, -0.2) is 34.6 Å². The van der Waals surface area contributed by atoms with E-state index >= 15 is 0 Å². The van der Waals surface area contributed by atoms with Crippen LogP contribution in [0.4, 0.5) is 11.6 Å². The van der Waals surface area contributed by atoms with Gasteiger partial charge in [0, 0.05) is 48.1 Å². The van der Waals surface area contributed by atoms with Gasteiger partial charge in [0.1, 0.15) is 6.04 Å². The van der Waals surface area contributed by atoms with Crippen LogP contribution in [0.5, 0.6) is 0 Å². The number of rotatable bonds is 3. The number of nitrogens with zero attached hydrogens (tertiary/aromatic N) is 4. The third-order valence-electron chi connectivity index (χ3n) is 6.16. The molecule has 6 nitrogen and oxygen atoms in total. The lowest BCUT2D eigenvalue weighted by atomic mass is 9.73. The molecule has 2 heterocycles. The van der Waals surface area contributed by atoms with Gasteiger partial charge in [-0.3, -0.25) is 4.79 Å². The van der Waals surface area contributed by atoms with Gasteiger partial charge >= 0.3 is 0 Å². The Bertz CT molecular complexity index is 1220. The molecule has 3 aromatic rings. The maximum Gasteiger partial charge on any atom is 0.226 e. The highest BCUT2D eigenvalue weighted by molar-refractivity contribution is 6.30. The van der Waals surface area contributed by atoms with Gasteiger partial charge in [0.25, 0.3) is 0 Å². The molecule has 0 amide bonds. The first-order valence-electron chi connectivity index (χ1n) is 10.7. The fourth-order valence-electron chi connectivity index (χ4n) is 4.59. The molecule has 5 rings (SSSR count). The van der Waals surface area contributed by atoms with Crippen molar-refractivity contribution >= 4 is 29.0 Å². The Labute approximate surface area is 192 Å². The number of carbonyl (C=O) groups excluding carboxylic acids is 1. The van der Waals surface area contributed by atoms with Gasteiger partial charge in [-0.15, -0.1) is 5.10 Å². The largest absolute Gasteiger partial charge is 0.378 e. The maximum atomic E-state index is 13.3. The molecule has 0 radical (unpaired) electrons. The average Bonchev–Trinajstić information content (AvgIpc) is 3.16. The van der Waals surface area contributed by atoms with Crippen LogP contribution >= 0.6 is 11.6 Å². The van der Waals surface area contributed by atoms with Crippen molar-refractivity contribution in [1.82, 2.24) is 14.8 Å². The molecule has 1 aromatic heterocycles. The summed E-state index contributed by atoms with van der Waals surface area (Å²) in [5, 5.41) is 8.94. The van der Waals surface area contributed by atoms with E-state index in [2.05, 4.69) is 36.2 Å². The van der Waals surface area contributed by atoms with E-state index in [1.807, 2.05) is 55.2 Å². The first-order valence-corrected chi connectivity index (χ1v) is 11.1. The van der Waals surface area contributed by atoms with Crippen molar-refractivity contribution in [3.05, 3.63) is 70.4 Å². The molecule has 7 heteroatoms. The summed E-state index contributed by atoms with van der Waals surface area (Å²) in [7, 11) is 4.02. The second kappa shape index (κ2) is 7.48. The number of hydrogen-bond donors (Lipinski definition) is 1. The Morgan fingerprint density at radius 2 is 1.75 bits per heavy atom. The van der Waals surface area contributed by atoms with E-state index in [1.54, 1.807) is 0 Å². The molecule has 2 aliphatic rings. The van der Waals surface area contributed by atoms with E-state index in [0.717, 1.165) is 34.5 Å². The molecule has 0 bridgehead atoms. The summed E-state index contributed by atoms with van der Waals surface area (Å²) in [6, 6.07) is 15.5. The second-order valence-electron chi connectivity index (χ2n) is 9.56. The lowest BCUT2D eigenvalue weighted by Gasteiger charge is -2.38. The number of anilines is 2. The lowest BCUT2D eigenvalue weighted by molar-refractivity contribution is -0.118. The van der Waals surface area contributed by atoms with Crippen LogP contribution < -0.4 is 10.2 Å². The van der Waals surface area contributed by atoms with Crippen molar-refractivity contribution in [2.45, 2.75) is 32.7 Å². The molecule has 0 saturated carbocycles. The van der Waals surface area contributed by atoms with Crippen molar-refractivity contribution in [2.75, 3.05) is 24.3 Å². The van der Waals surface area contributed by atoms with Gasteiger partial charge in [-0.2, -0.15) is 4.98 Å². The zero-order valence-corrected chi connectivity index (χ0v) is 19.4. The number of fused-ring (bicyclic) bond motifs is 1. The summed E-state index contributed by atoms with van der Waals surface area (Å²) >= 11 is 6.14. The van der Waals surface area contributed by atoms with Crippen molar-refractivity contribution in [3.63, 3.8) is 0 Å². The molecule has 0 unspecified atom stereocenters. The third-order valence-corrected chi connectivity index (χ3v) is 6.41. The first kappa shape index (κ1) is 20.8. The minimum atomic E-state index is -0.329. The van der Waals surface area contributed by atoms with Crippen molar-refractivity contribution in [1.29, 1.82) is 0 Å². The molecule has 0 spiro atoms. The monoisotopic (exact) mass is 447 g/mol. The minimum Gasteiger partial charge on any atom is -0.378 e. The molecule has 1 aliphatic heterocycles. The van der Waals surface area contributed by atoms with Gasteiger partial charge < -0.3 is 10.2 Å². The highest BCUT2D eigenvalue weighted by Crippen LogP contribution is 2.45. The van der Waals surface area contributed by atoms with Crippen LogP contribution in [0.2, 0.25) is 5.02 Å². The number of allylic oxidation sites excluding steroid dienone is 2. The number of Topliss-reactive ketones (excluding diaryl/α,β-unsaturated/α-hetero) is 1. The van der Waals surface area contributed by atoms with E-state index in [9.17, 15) is 4.79 Å². The zero-order chi connectivity index (χ0) is 22.6. The SMILES string of the molecule is CN(C)c1ccc(-c2nc3n(n2)[C@@H](c2ccc(Cl)cc2)C2=C(CC(C)(C)CC2=O)N3)cc1. The summed E-state index contributed by atoms with van der Waals surface area (Å²) in [6.45, 7) is 4.26. The Morgan fingerprint density at radius 1 is 1.06 bits per heavy atom. The fourth-order valence-corrected chi connectivity index (χ4v) is 4.72. The summed E-state index contributed by atoms with van der Waals surface area (Å²) < 4.78 is 1.84. The van der Waals surface area contributed by atoms with Crippen molar-refractivity contribution < 1.29 is 4.79 Å². The molecule has 0 saturated heterocycles. The van der Waals surface area contributed by atoms with Crippen molar-refractivity contribution in [2.24, 2.45) is 5.41 Å².